The van der Waals surface area contributed by atoms with Crippen LogP contribution in [0.2, 0.25) is 0 Å². The van der Waals surface area contributed by atoms with Gasteiger partial charge < -0.3 is 10.4 Å². The number of aliphatic carboxylic acids is 1. The molecule has 0 spiro atoms. The van der Waals surface area contributed by atoms with Crippen molar-refractivity contribution in [3.8, 4) is 0 Å². The summed E-state index contributed by atoms with van der Waals surface area (Å²) in [5.74, 6) is 1.02. The number of aryl methyl sites for hydroxylation is 3. The van der Waals surface area contributed by atoms with Crippen molar-refractivity contribution in [1.82, 2.24) is 15.0 Å². The van der Waals surface area contributed by atoms with Gasteiger partial charge in [0, 0.05) is 24.6 Å². The Balaban J connectivity index is 1.40. The normalized spacial score (nSPS) is 14.5. The zero-order valence-electron chi connectivity index (χ0n) is 17.4. The van der Waals surface area contributed by atoms with Gasteiger partial charge in [0.15, 0.2) is 0 Å². The number of nitrogens with zero attached hydrogens (tertiary/aromatic N) is 3. The minimum atomic E-state index is -0.765. The number of hydrogen-bond donors (Lipinski definition) is 2. The van der Waals surface area contributed by atoms with Gasteiger partial charge in [0.2, 0.25) is 0 Å². The van der Waals surface area contributed by atoms with Gasteiger partial charge in [-0.1, -0.05) is 25.3 Å². The first kappa shape index (κ1) is 21.2. The molecule has 0 unspecified atom stereocenters. The number of fused-ring (bicyclic) bond motifs is 1. The molecule has 0 fully saturated rings. The third kappa shape index (κ3) is 6.80. The lowest BCUT2D eigenvalue weighted by molar-refractivity contribution is -0.137. The second-order valence-electron chi connectivity index (χ2n) is 8.01. The first-order valence-electron chi connectivity index (χ1n) is 10.8. The summed E-state index contributed by atoms with van der Waals surface area (Å²) in [5, 5.41) is 12.7. The molecule has 0 saturated carbocycles. The second-order valence-corrected chi connectivity index (χ2v) is 8.01. The third-order valence-electron chi connectivity index (χ3n) is 5.63. The van der Waals surface area contributed by atoms with Gasteiger partial charge in [-0.15, -0.1) is 0 Å². The molecule has 1 atom stereocenters. The molecule has 2 N–H and O–H groups in total. The molecular weight excluding hydrogens is 364 g/mol. The van der Waals surface area contributed by atoms with Crippen LogP contribution >= 0.6 is 0 Å². The molecule has 0 amide bonds. The van der Waals surface area contributed by atoms with Crippen LogP contribution in [-0.4, -0.2) is 32.6 Å². The SMILES string of the molecule is Cc1ncc([C@H](CCCCCCc2ccc3c(n2)NCCCC3)CC(=O)O)cn1. The number of pyridine rings is 1. The fourth-order valence-corrected chi connectivity index (χ4v) is 3.93. The summed E-state index contributed by atoms with van der Waals surface area (Å²) in [7, 11) is 0. The number of carbonyl (C=O) groups is 1. The third-order valence-corrected chi connectivity index (χ3v) is 5.63. The Bertz CT molecular complexity index is 792. The Morgan fingerprint density at radius 1 is 1.14 bits per heavy atom. The van der Waals surface area contributed by atoms with Crippen LogP contribution in [0.3, 0.4) is 0 Å². The lowest BCUT2D eigenvalue weighted by Gasteiger charge is -2.14. The average molecular weight is 397 g/mol. The summed E-state index contributed by atoms with van der Waals surface area (Å²) in [6.45, 7) is 2.86. The number of anilines is 1. The lowest BCUT2D eigenvalue weighted by Crippen LogP contribution is -2.08. The Hall–Kier alpha value is -2.50. The van der Waals surface area contributed by atoms with Crippen molar-refractivity contribution in [1.29, 1.82) is 0 Å². The largest absolute Gasteiger partial charge is 0.481 e. The van der Waals surface area contributed by atoms with E-state index in [9.17, 15) is 9.90 Å². The Labute approximate surface area is 173 Å². The van der Waals surface area contributed by atoms with Crippen molar-refractivity contribution < 1.29 is 9.90 Å². The van der Waals surface area contributed by atoms with Crippen LogP contribution in [0.4, 0.5) is 5.82 Å². The number of carboxylic acids is 1. The topological polar surface area (TPSA) is 88.0 Å². The molecule has 156 valence electrons. The number of nitrogens with one attached hydrogen (secondary N) is 1. The van der Waals surface area contributed by atoms with E-state index in [0.717, 1.165) is 62.9 Å². The van der Waals surface area contributed by atoms with Crippen molar-refractivity contribution in [3.63, 3.8) is 0 Å². The monoisotopic (exact) mass is 396 g/mol. The average Bonchev–Trinajstić information content (AvgIpc) is 2.95. The van der Waals surface area contributed by atoms with E-state index in [1.165, 1.54) is 24.1 Å². The van der Waals surface area contributed by atoms with E-state index < -0.39 is 5.97 Å². The molecule has 2 aromatic rings. The van der Waals surface area contributed by atoms with Crippen LogP contribution in [0, 0.1) is 6.92 Å². The molecule has 6 heteroatoms. The highest BCUT2D eigenvalue weighted by atomic mass is 16.4. The van der Waals surface area contributed by atoms with Crippen molar-refractivity contribution in [2.75, 3.05) is 11.9 Å². The quantitative estimate of drug-likeness (QED) is 0.567. The number of unbranched alkanes of at least 4 members (excludes halogenated alkanes) is 3. The highest BCUT2D eigenvalue weighted by Crippen LogP contribution is 2.26. The van der Waals surface area contributed by atoms with Gasteiger partial charge in [0.1, 0.15) is 11.6 Å². The summed E-state index contributed by atoms with van der Waals surface area (Å²) >= 11 is 0. The Kier molecular flexibility index (Phi) is 7.96. The smallest absolute Gasteiger partial charge is 0.303 e. The van der Waals surface area contributed by atoms with Gasteiger partial charge >= 0.3 is 5.97 Å². The summed E-state index contributed by atoms with van der Waals surface area (Å²) in [5.41, 5.74) is 3.44. The lowest BCUT2D eigenvalue weighted by atomic mass is 9.92. The molecule has 6 nitrogen and oxygen atoms in total. The molecule has 0 bridgehead atoms. The van der Waals surface area contributed by atoms with E-state index in [2.05, 4.69) is 27.4 Å². The van der Waals surface area contributed by atoms with Crippen molar-refractivity contribution in [3.05, 3.63) is 47.2 Å². The van der Waals surface area contributed by atoms with Crippen LogP contribution in [0.5, 0.6) is 0 Å². The van der Waals surface area contributed by atoms with Crippen LogP contribution in [0.25, 0.3) is 0 Å². The fraction of sp³-hybridized carbons (Fsp3) is 0.565. The predicted octanol–water partition coefficient (Wildman–Crippen LogP) is 4.68. The number of hydrogen-bond acceptors (Lipinski definition) is 5. The number of aromatic nitrogens is 3. The molecule has 1 aliphatic heterocycles. The summed E-state index contributed by atoms with van der Waals surface area (Å²) in [6.07, 6.45) is 13.5. The Morgan fingerprint density at radius 2 is 1.93 bits per heavy atom. The van der Waals surface area contributed by atoms with Gasteiger partial charge in [-0.25, -0.2) is 15.0 Å². The van der Waals surface area contributed by atoms with Crippen LogP contribution < -0.4 is 5.32 Å². The van der Waals surface area contributed by atoms with Crippen molar-refractivity contribution in [2.24, 2.45) is 0 Å². The van der Waals surface area contributed by atoms with Gasteiger partial charge in [-0.05, 0) is 68.6 Å². The van der Waals surface area contributed by atoms with Crippen LogP contribution in [0.1, 0.15) is 79.9 Å². The molecule has 29 heavy (non-hydrogen) atoms. The van der Waals surface area contributed by atoms with Crippen LogP contribution in [0.15, 0.2) is 24.5 Å². The zero-order valence-corrected chi connectivity index (χ0v) is 17.4. The summed E-state index contributed by atoms with van der Waals surface area (Å²) in [6, 6.07) is 4.41. The fourth-order valence-electron chi connectivity index (χ4n) is 3.93. The van der Waals surface area contributed by atoms with Gasteiger partial charge in [-0.2, -0.15) is 0 Å². The zero-order chi connectivity index (χ0) is 20.5. The highest BCUT2D eigenvalue weighted by Gasteiger charge is 2.16. The molecule has 0 saturated heterocycles. The Morgan fingerprint density at radius 3 is 2.72 bits per heavy atom. The summed E-state index contributed by atoms with van der Waals surface area (Å²) < 4.78 is 0. The maximum Gasteiger partial charge on any atom is 0.303 e. The van der Waals surface area contributed by atoms with E-state index >= 15 is 0 Å². The van der Waals surface area contributed by atoms with Gasteiger partial charge in [0.25, 0.3) is 0 Å². The van der Waals surface area contributed by atoms with Crippen molar-refractivity contribution in [2.45, 2.75) is 77.0 Å². The maximum atomic E-state index is 11.2. The molecule has 0 aliphatic carbocycles. The van der Waals surface area contributed by atoms with Gasteiger partial charge in [0.05, 0.1) is 6.42 Å². The number of carboxylic acid groups (broad SMARTS) is 1. The highest BCUT2D eigenvalue weighted by molar-refractivity contribution is 5.68. The molecule has 3 heterocycles. The van der Waals surface area contributed by atoms with E-state index in [0.29, 0.717) is 5.82 Å². The van der Waals surface area contributed by atoms with E-state index in [1.807, 2.05) is 6.92 Å². The molecule has 3 rings (SSSR count). The first-order chi connectivity index (χ1) is 14.1. The van der Waals surface area contributed by atoms with E-state index in [4.69, 9.17) is 4.98 Å². The maximum absolute atomic E-state index is 11.2. The summed E-state index contributed by atoms with van der Waals surface area (Å²) in [4.78, 5) is 24.5. The van der Waals surface area contributed by atoms with Crippen molar-refractivity contribution >= 4 is 11.8 Å². The molecular formula is C23H32N4O2. The molecule has 2 aromatic heterocycles. The van der Waals surface area contributed by atoms with Gasteiger partial charge in [-0.3, -0.25) is 4.79 Å². The second kappa shape index (κ2) is 10.9. The van der Waals surface area contributed by atoms with E-state index in [1.54, 1.807) is 12.4 Å². The minimum Gasteiger partial charge on any atom is -0.481 e. The number of rotatable bonds is 10. The first-order valence-corrected chi connectivity index (χ1v) is 10.8. The van der Waals surface area contributed by atoms with E-state index in [-0.39, 0.29) is 12.3 Å². The minimum absolute atomic E-state index is 0.00887. The molecule has 0 radical (unpaired) electrons. The molecule has 1 aliphatic rings. The standard InChI is InChI=1S/C23H32N4O2/c1-17-25-15-20(16-26-17)19(14-22(28)29)9-4-2-3-5-10-21-12-11-18-8-6-7-13-24-23(18)27-21/h11-12,15-16,19H,2-10,13-14H2,1H3,(H,24,27)(H,28,29)/t19-/m1/s1. The van der Waals surface area contributed by atoms with Crippen LogP contribution in [-0.2, 0) is 17.6 Å². The molecule has 0 aromatic carbocycles. The predicted molar refractivity (Wildman–Crippen MR) is 114 cm³/mol.